The lowest BCUT2D eigenvalue weighted by Crippen LogP contribution is -2.57. The summed E-state index contributed by atoms with van der Waals surface area (Å²) >= 11 is 0. The van der Waals surface area contributed by atoms with Crippen LogP contribution in [0.2, 0.25) is 0 Å². The van der Waals surface area contributed by atoms with Crippen LogP contribution in [-0.4, -0.2) is 46.8 Å². The fourth-order valence-corrected chi connectivity index (χ4v) is 3.77. The number of hydrogen-bond acceptors (Lipinski definition) is 5. The Kier molecular flexibility index (Phi) is 13.0. The number of carbonyl (C=O) groups excluding carboxylic acids is 1. The van der Waals surface area contributed by atoms with Crippen LogP contribution < -0.4 is 0 Å². The molecule has 0 aliphatic rings. The first kappa shape index (κ1) is 25.2. The third-order valence-electron chi connectivity index (χ3n) is 5.12. The molecule has 0 aromatic rings. The van der Waals surface area contributed by atoms with Gasteiger partial charge < -0.3 is 18.9 Å². The molecule has 0 aliphatic heterocycles. The van der Waals surface area contributed by atoms with Gasteiger partial charge in [0, 0.05) is 35.0 Å². The van der Waals surface area contributed by atoms with Gasteiger partial charge in [-0.3, -0.25) is 4.79 Å². The molecule has 0 saturated heterocycles. The molecule has 5 nitrogen and oxygen atoms in total. The van der Waals surface area contributed by atoms with Crippen molar-refractivity contribution in [3.8, 4) is 0 Å². The maximum absolute atomic E-state index is 13.3. The van der Waals surface area contributed by atoms with Crippen molar-refractivity contribution >= 4 is 5.78 Å². The molecular formula is C21H40O5. The fourth-order valence-electron chi connectivity index (χ4n) is 3.77. The summed E-state index contributed by atoms with van der Waals surface area (Å²) in [5.74, 6) is -1.49. The van der Waals surface area contributed by atoms with Crippen molar-refractivity contribution in [2.75, 3.05) is 35.0 Å². The van der Waals surface area contributed by atoms with Crippen LogP contribution in [0.5, 0.6) is 0 Å². The summed E-state index contributed by atoms with van der Waals surface area (Å²) in [7, 11) is 6.22. The van der Waals surface area contributed by atoms with Crippen molar-refractivity contribution in [1.82, 2.24) is 0 Å². The molecule has 0 aromatic carbocycles. The van der Waals surface area contributed by atoms with E-state index >= 15 is 0 Å². The van der Waals surface area contributed by atoms with Gasteiger partial charge in [-0.15, -0.1) is 0 Å². The number of hydrogen-bond donors (Lipinski definition) is 0. The van der Waals surface area contributed by atoms with Gasteiger partial charge in [0.25, 0.3) is 5.97 Å². The molecule has 0 aliphatic carbocycles. The van der Waals surface area contributed by atoms with Gasteiger partial charge >= 0.3 is 0 Å². The van der Waals surface area contributed by atoms with Crippen molar-refractivity contribution < 1.29 is 23.7 Å². The van der Waals surface area contributed by atoms with E-state index in [1.807, 2.05) is 0 Å². The highest BCUT2D eigenvalue weighted by atomic mass is 16.9. The highest BCUT2D eigenvalue weighted by molar-refractivity contribution is 5.99. The first-order valence-electron chi connectivity index (χ1n) is 9.76. The van der Waals surface area contributed by atoms with Gasteiger partial charge in [0.15, 0.2) is 5.78 Å². The van der Waals surface area contributed by atoms with Gasteiger partial charge in [-0.1, -0.05) is 52.0 Å². The summed E-state index contributed by atoms with van der Waals surface area (Å²) in [4.78, 5) is 13.3. The number of unbranched alkanes of at least 4 members (excludes halogenated alkanes) is 5. The lowest BCUT2D eigenvalue weighted by atomic mass is 9.70. The lowest BCUT2D eigenvalue weighted by Gasteiger charge is -2.46. The van der Waals surface area contributed by atoms with Gasteiger partial charge in [0.2, 0.25) is 0 Å². The van der Waals surface area contributed by atoms with Gasteiger partial charge in [-0.05, 0) is 31.8 Å². The number of ether oxygens (including phenoxy) is 4. The number of allylic oxidation sites excluding steroid dienone is 1. The van der Waals surface area contributed by atoms with Crippen molar-refractivity contribution in [3.63, 3.8) is 0 Å². The van der Waals surface area contributed by atoms with E-state index in [1.165, 1.54) is 47.0 Å². The quantitative estimate of drug-likeness (QED) is 0.207. The third-order valence-corrected chi connectivity index (χ3v) is 5.12. The molecule has 0 fully saturated rings. The van der Waals surface area contributed by atoms with E-state index < -0.39 is 11.4 Å². The monoisotopic (exact) mass is 372 g/mol. The van der Waals surface area contributed by atoms with Crippen LogP contribution in [0.3, 0.4) is 0 Å². The normalized spacial score (nSPS) is 14.2. The minimum atomic E-state index is -1.43. The Bertz CT molecular complexity index is 395. The summed E-state index contributed by atoms with van der Waals surface area (Å²) in [5, 5.41) is 0. The SMILES string of the molecule is C=C(C)C(=O)C(CCCCCCCC)(CCCOC)C(OC)(OC)OC. The van der Waals surface area contributed by atoms with E-state index in [4.69, 9.17) is 18.9 Å². The fraction of sp³-hybridized carbons (Fsp3) is 0.857. The van der Waals surface area contributed by atoms with Gasteiger partial charge in [0.1, 0.15) is 5.41 Å². The Labute approximate surface area is 160 Å². The van der Waals surface area contributed by atoms with Crippen LogP contribution in [0, 0.1) is 5.41 Å². The van der Waals surface area contributed by atoms with E-state index in [0.29, 0.717) is 31.4 Å². The van der Waals surface area contributed by atoms with Gasteiger partial charge in [-0.2, -0.15) is 0 Å². The van der Waals surface area contributed by atoms with E-state index in [1.54, 1.807) is 14.0 Å². The summed E-state index contributed by atoms with van der Waals surface area (Å²) in [6.45, 7) is 8.39. The smallest absolute Gasteiger partial charge is 0.295 e. The molecule has 5 heteroatoms. The Hall–Kier alpha value is -0.750. The second kappa shape index (κ2) is 13.4. The lowest BCUT2D eigenvalue weighted by molar-refractivity contribution is -0.399. The first-order valence-corrected chi connectivity index (χ1v) is 9.76. The summed E-state index contributed by atoms with van der Waals surface area (Å²) in [6.07, 6.45) is 8.74. The van der Waals surface area contributed by atoms with E-state index in [9.17, 15) is 4.79 Å². The Morgan fingerprint density at radius 2 is 1.35 bits per heavy atom. The van der Waals surface area contributed by atoms with Crippen molar-refractivity contribution in [3.05, 3.63) is 12.2 Å². The predicted octanol–water partition coefficient (Wildman–Crippen LogP) is 4.89. The van der Waals surface area contributed by atoms with Gasteiger partial charge in [0.05, 0.1) is 0 Å². The number of methoxy groups -OCH3 is 4. The predicted molar refractivity (Wildman–Crippen MR) is 105 cm³/mol. The highest BCUT2D eigenvalue weighted by Crippen LogP contribution is 2.46. The molecule has 154 valence electrons. The zero-order valence-electron chi connectivity index (χ0n) is 17.8. The minimum absolute atomic E-state index is 0.0623. The van der Waals surface area contributed by atoms with Gasteiger partial charge in [-0.25, -0.2) is 0 Å². The van der Waals surface area contributed by atoms with E-state index in [-0.39, 0.29) is 5.78 Å². The Morgan fingerprint density at radius 3 is 1.81 bits per heavy atom. The molecule has 0 rings (SSSR count). The standard InChI is InChI=1S/C21H40O5/c1-8-9-10-11-12-13-15-20(16-14-17-23-4,19(22)18(2)3)21(24-5,25-6)26-7/h2,8-17H2,1,3-7H3. The van der Waals surface area contributed by atoms with Crippen molar-refractivity contribution in [2.24, 2.45) is 5.41 Å². The topological polar surface area (TPSA) is 54.0 Å². The summed E-state index contributed by atoms with van der Waals surface area (Å²) in [5.41, 5.74) is -0.454. The second-order valence-electron chi connectivity index (χ2n) is 6.97. The first-order chi connectivity index (χ1) is 12.4. The molecule has 1 unspecified atom stereocenters. The Morgan fingerprint density at radius 1 is 0.846 bits per heavy atom. The average Bonchev–Trinajstić information content (AvgIpc) is 2.65. The van der Waals surface area contributed by atoms with Crippen LogP contribution >= 0.6 is 0 Å². The molecule has 0 N–H and O–H groups in total. The number of rotatable bonds is 17. The maximum Gasteiger partial charge on any atom is 0.295 e. The zero-order chi connectivity index (χ0) is 20.1. The van der Waals surface area contributed by atoms with Crippen molar-refractivity contribution in [1.29, 1.82) is 0 Å². The van der Waals surface area contributed by atoms with Crippen LogP contribution in [0.25, 0.3) is 0 Å². The van der Waals surface area contributed by atoms with Crippen LogP contribution in [0.1, 0.15) is 71.6 Å². The highest BCUT2D eigenvalue weighted by Gasteiger charge is 2.58. The largest absolute Gasteiger partial charge is 0.385 e. The Balaban J connectivity index is 5.57. The molecule has 0 saturated carbocycles. The molecule has 0 aromatic heterocycles. The molecule has 1 atom stereocenters. The van der Waals surface area contributed by atoms with Crippen LogP contribution in [0.4, 0.5) is 0 Å². The maximum atomic E-state index is 13.3. The molecule has 0 amide bonds. The molecule has 26 heavy (non-hydrogen) atoms. The average molecular weight is 373 g/mol. The number of Topliss-reactive ketones (excluding diaryl/α,β-unsaturated/α-hetero) is 1. The van der Waals surface area contributed by atoms with Crippen molar-refractivity contribution in [2.45, 2.75) is 77.6 Å². The summed E-state index contributed by atoms with van der Waals surface area (Å²) < 4.78 is 22.2. The van der Waals surface area contributed by atoms with E-state index in [0.717, 1.165) is 12.8 Å². The third kappa shape index (κ3) is 6.45. The van der Waals surface area contributed by atoms with E-state index in [2.05, 4.69) is 13.5 Å². The number of ketones is 1. The van der Waals surface area contributed by atoms with Crippen LogP contribution in [0.15, 0.2) is 12.2 Å². The minimum Gasteiger partial charge on any atom is -0.385 e. The zero-order valence-corrected chi connectivity index (χ0v) is 17.8. The molecule has 0 heterocycles. The molecule has 0 radical (unpaired) electrons. The summed E-state index contributed by atoms with van der Waals surface area (Å²) in [6, 6.07) is 0. The second-order valence-corrected chi connectivity index (χ2v) is 6.97. The molecule has 0 bridgehead atoms. The molecule has 0 spiro atoms. The number of carbonyl (C=O) groups is 1. The van der Waals surface area contributed by atoms with Crippen LogP contribution in [-0.2, 0) is 23.7 Å². The molecular weight excluding hydrogens is 332 g/mol.